The number of nitrogens with zero attached hydrogens (tertiary/aromatic N) is 2. The van der Waals surface area contributed by atoms with Crippen LogP contribution in [-0.4, -0.2) is 47.3 Å². The summed E-state index contributed by atoms with van der Waals surface area (Å²) in [6, 6.07) is 0. The lowest BCUT2D eigenvalue weighted by Gasteiger charge is -2.32. The number of aliphatic hydroxyl groups is 1. The third-order valence-corrected chi connectivity index (χ3v) is 1.93. The third kappa shape index (κ3) is 3.74. The number of hydrazine groups is 1. The maximum absolute atomic E-state index is 11.3. The zero-order valence-corrected chi connectivity index (χ0v) is 8.79. The Labute approximate surface area is 80.1 Å². The summed E-state index contributed by atoms with van der Waals surface area (Å²) in [7, 11) is 0. The maximum atomic E-state index is 11.3. The van der Waals surface area contributed by atoms with Crippen molar-refractivity contribution >= 4 is 5.91 Å². The first-order chi connectivity index (χ1) is 6.21. The van der Waals surface area contributed by atoms with Gasteiger partial charge in [-0.15, -0.1) is 0 Å². The van der Waals surface area contributed by atoms with Crippen LogP contribution in [0, 0.1) is 0 Å². The molecule has 0 bridgehead atoms. The molecular weight excluding hydrogens is 168 g/mol. The first-order valence-corrected chi connectivity index (χ1v) is 4.87. The number of carbonyl (C=O) groups is 1. The normalized spacial score (nSPS) is 10.5. The highest BCUT2D eigenvalue weighted by atomic mass is 16.3. The average molecular weight is 188 g/mol. The van der Waals surface area contributed by atoms with Gasteiger partial charge in [0.2, 0.25) is 0 Å². The molecule has 4 nitrogen and oxygen atoms in total. The standard InChI is InChI=1S/C9H20N2O2/c1-4-7-11(9(13)8-12)10(5-2)6-3/h12H,4-8H2,1-3H3. The summed E-state index contributed by atoms with van der Waals surface area (Å²) in [5, 5.41) is 12.3. The molecule has 0 unspecified atom stereocenters. The van der Waals surface area contributed by atoms with Crippen molar-refractivity contribution in [2.24, 2.45) is 0 Å². The Morgan fingerprint density at radius 1 is 1.23 bits per heavy atom. The van der Waals surface area contributed by atoms with Crippen LogP contribution in [0.15, 0.2) is 0 Å². The molecule has 0 spiro atoms. The Hall–Kier alpha value is -0.610. The van der Waals surface area contributed by atoms with Crippen LogP contribution in [0.1, 0.15) is 27.2 Å². The number of rotatable bonds is 6. The van der Waals surface area contributed by atoms with E-state index >= 15 is 0 Å². The number of hydrogen-bond acceptors (Lipinski definition) is 3. The van der Waals surface area contributed by atoms with E-state index in [9.17, 15) is 4.79 Å². The smallest absolute Gasteiger partial charge is 0.262 e. The lowest BCUT2D eigenvalue weighted by atomic mass is 10.4. The molecular formula is C9H20N2O2. The molecule has 0 saturated heterocycles. The highest BCUT2D eigenvalue weighted by molar-refractivity contribution is 5.76. The van der Waals surface area contributed by atoms with Gasteiger partial charge in [0.05, 0.1) is 0 Å². The van der Waals surface area contributed by atoms with Crippen molar-refractivity contribution in [2.75, 3.05) is 26.2 Å². The van der Waals surface area contributed by atoms with E-state index in [2.05, 4.69) is 0 Å². The van der Waals surface area contributed by atoms with Gasteiger partial charge in [-0.3, -0.25) is 9.80 Å². The van der Waals surface area contributed by atoms with E-state index in [0.717, 1.165) is 19.5 Å². The molecule has 0 aromatic carbocycles. The molecule has 0 radical (unpaired) electrons. The van der Waals surface area contributed by atoms with E-state index in [0.29, 0.717) is 6.54 Å². The van der Waals surface area contributed by atoms with Crippen molar-refractivity contribution in [3.63, 3.8) is 0 Å². The molecule has 0 aromatic heterocycles. The second-order valence-electron chi connectivity index (χ2n) is 2.81. The van der Waals surface area contributed by atoms with E-state index in [-0.39, 0.29) is 5.91 Å². The molecule has 0 atom stereocenters. The molecule has 0 aliphatic heterocycles. The van der Waals surface area contributed by atoms with Gasteiger partial charge in [0.1, 0.15) is 6.61 Å². The number of carbonyl (C=O) groups excluding carboxylic acids is 1. The minimum absolute atomic E-state index is 0.217. The number of aliphatic hydroxyl groups excluding tert-OH is 1. The van der Waals surface area contributed by atoms with Crippen molar-refractivity contribution in [3.05, 3.63) is 0 Å². The molecule has 0 fully saturated rings. The van der Waals surface area contributed by atoms with E-state index in [1.807, 2.05) is 25.8 Å². The number of amides is 1. The summed E-state index contributed by atoms with van der Waals surface area (Å²) in [5.41, 5.74) is 0. The first kappa shape index (κ1) is 12.4. The lowest BCUT2D eigenvalue weighted by molar-refractivity contribution is -0.151. The quantitative estimate of drug-likeness (QED) is 0.616. The largest absolute Gasteiger partial charge is 0.386 e. The zero-order chi connectivity index (χ0) is 10.3. The third-order valence-electron chi connectivity index (χ3n) is 1.93. The van der Waals surface area contributed by atoms with Crippen LogP contribution in [0.4, 0.5) is 0 Å². The predicted octanol–water partition coefficient (Wildman–Crippen LogP) is 0.474. The van der Waals surface area contributed by atoms with Crippen LogP contribution in [0.5, 0.6) is 0 Å². The monoisotopic (exact) mass is 188 g/mol. The summed E-state index contributed by atoms with van der Waals surface area (Å²) in [6.45, 7) is 7.87. The SMILES string of the molecule is CCCN(C(=O)CO)N(CC)CC. The van der Waals surface area contributed by atoms with Crippen molar-refractivity contribution in [3.8, 4) is 0 Å². The molecule has 0 aliphatic carbocycles. The van der Waals surface area contributed by atoms with Crippen LogP contribution in [-0.2, 0) is 4.79 Å². The molecule has 0 aromatic rings. The van der Waals surface area contributed by atoms with Crippen molar-refractivity contribution < 1.29 is 9.90 Å². The van der Waals surface area contributed by atoms with Crippen molar-refractivity contribution in [1.29, 1.82) is 0 Å². The molecule has 0 aliphatic rings. The van der Waals surface area contributed by atoms with Gasteiger partial charge < -0.3 is 5.11 Å². The maximum Gasteiger partial charge on any atom is 0.262 e. The predicted molar refractivity (Wildman–Crippen MR) is 52.0 cm³/mol. The Morgan fingerprint density at radius 2 is 1.77 bits per heavy atom. The van der Waals surface area contributed by atoms with Crippen LogP contribution in [0.3, 0.4) is 0 Å². The highest BCUT2D eigenvalue weighted by Gasteiger charge is 2.16. The van der Waals surface area contributed by atoms with Gasteiger partial charge in [0, 0.05) is 19.6 Å². The molecule has 78 valence electrons. The van der Waals surface area contributed by atoms with Crippen LogP contribution < -0.4 is 0 Å². The van der Waals surface area contributed by atoms with Crippen molar-refractivity contribution in [2.45, 2.75) is 27.2 Å². The van der Waals surface area contributed by atoms with Gasteiger partial charge >= 0.3 is 0 Å². The molecule has 4 heteroatoms. The average Bonchev–Trinajstić information content (AvgIpc) is 2.17. The van der Waals surface area contributed by atoms with E-state index in [1.54, 1.807) is 5.01 Å². The fourth-order valence-electron chi connectivity index (χ4n) is 1.28. The molecule has 1 N–H and O–H groups in total. The van der Waals surface area contributed by atoms with Gasteiger partial charge in [-0.2, -0.15) is 0 Å². The lowest BCUT2D eigenvalue weighted by Crippen LogP contribution is -2.47. The van der Waals surface area contributed by atoms with Gasteiger partial charge in [-0.1, -0.05) is 20.8 Å². The minimum Gasteiger partial charge on any atom is -0.386 e. The summed E-state index contributed by atoms with van der Waals surface area (Å²) < 4.78 is 0. The summed E-state index contributed by atoms with van der Waals surface area (Å²) >= 11 is 0. The van der Waals surface area contributed by atoms with E-state index in [4.69, 9.17) is 5.11 Å². The summed E-state index contributed by atoms with van der Waals surface area (Å²) in [6.07, 6.45) is 0.905. The highest BCUT2D eigenvalue weighted by Crippen LogP contribution is 1.99. The Kier molecular flexibility index (Phi) is 6.54. The van der Waals surface area contributed by atoms with Crippen LogP contribution in [0.25, 0.3) is 0 Å². The second-order valence-corrected chi connectivity index (χ2v) is 2.81. The Morgan fingerprint density at radius 3 is 2.08 bits per heavy atom. The van der Waals surface area contributed by atoms with Crippen LogP contribution in [0.2, 0.25) is 0 Å². The van der Waals surface area contributed by atoms with E-state index < -0.39 is 6.61 Å². The zero-order valence-electron chi connectivity index (χ0n) is 8.79. The van der Waals surface area contributed by atoms with Gasteiger partial charge in [0.15, 0.2) is 0 Å². The van der Waals surface area contributed by atoms with Gasteiger partial charge in [-0.05, 0) is 6.42 Å². The first-order valence-electron chi connectivity index (χ1n) is 4.87. The van der Waals surface area contributed by atoms with E-state index in [1.165, 1.54) is 0 Å². The second kappa shape index (κ2) is 6.86. The summed E-state index contributed by atoms with van der Waals surface area (Å²) in [4.78, 5) is 11.3. The fraction of sp³-hybridized carbons (Fsp3) is 0.889. The van der Waals surface area contributed by atoms with Gasteiger partial charge in [0.25, 0.3) is 5.91 Å². The minimum atomic E-state index is -0.406. The van der Waals surface area contributed by atoms with Crippen molar-refractivity contribution in [1.82, 2.24) is 10.0 Å². The molecule has 13 heavy (non-hydrogen) atoms. The Bertz CT molecular complexity index is 147. The molecule has 1 amide bonds. The topological polar surface area (TPSA) is 43.8 Å². The summed E-state index contributed by atoms with van der Waals surface area (Å²) in [5.74, 6) is -0.217. The van der Waals surface area contributed by atoms with Crippen LogP contribution >= 0.6 is 0 Å². The van der Waals surface area contributed by atoms with Gasteiger partial charge in [-0.25, -0.2) is 5.01 Å². The molecule has 0 saturated carbocycles. The molecule has 0 rings (SSSR count). The number of hydrogen-bond donors (Lipinski definition) is 1. The fourth-order valence-corrected chi connectivity index (χ4v) is 1.28. The Balaban J connectivity index is 4.28. The molecule has 0 heterocycles.